The molecule has 3 heterocycles. The third kappa shape index (κ3) is 4.78. The zero-order chi connectivity index (χ0) is 22.5. The monoisotopic (exact) mass is 449 g/mol. The fraction of sp³-hybridized carbons (Fsp3) is 0.217. The predicted molar refractivity (Wildman–Crippen MR) is 124 cm³/mol. The van der Waals surface area contributed by atoms with E-state index in [0.717, 1.165) is 27.1 Å². The van der Waals surface area contributed by atoms with Gasteiger partial charge in [0.15, 0.2) is 5.69 Å². The first kappa shape index (κ1) is 21.5. The Morgan fingerprint density at radius 1 is 1.06 bits per heavy atom. The number of amides is 1. The Morgan fingerprint density at radius 3 is 2.56 bits per heavy atom. The number of nitrogens with one attached hydrogen (secondary N) is 2. The molecule has 1 atom stereocenters. The molecular weight excluding hydrogens is 426 g/mol. The summed E-state index contributed by atoms with van der Waals surface area (Å²) in [5, 5.41) is 8.11. The molecule has 0 spiro atoms. The lowest BCUT2D eigenvalue weighted by Gasteiger charge is -2.15. The van der Waals surface area contributed by atoms with Gasteiger partial charge in [-0.3, -0.25) is 4.79 Å². The molecule has 1 aromatic carbocycles. The van der Waals surface area contributed by atoms with Crippen LogP contribution in [0.3, 0.4) is 0 Å². The average molecular weight is 450 g/mol. The van der Waals surface area contributed by atoms with Crippen LogP contribution < -0.4 is 20.1 Å². The second-order valence-corrected chi connectivity index (χ2v) is 7.98. The van der Waals surface area contributed by atoms with Crippen molar-refractivity contribution in [3.8, 4) is 11.6 Å². The number of anilines is 1. The van der Waals surface area contributed by atoms with Gasteiger partial charge in [-0.2, -0.15) is 0 Å². The van der Waals surface area contributed by atoms with Gasteiger partial charge in [0.1, 0.15) is 5.75 Å². The zero-order valence-corrected chi connectivity index (χ0v) is 18.8. The van der Waals surface area contributed by atoms with Crippen molar-refractivity contribution in [3.63, 3.8) is 0 Å². The molecule has 2 N–H and O–H groups in total. The maximum atomic E-state index is 13.0. The Bertz CT molecular complexity index is 1210. The molecule has 9 heteroatoms. The summed E-state index contributed by atoms with van der Waals surface area (Å²) in [6.45, 7) is 2.34. The van der Waals surface area contributed by atoms with E-state index in [1.807, 2.05) is 48.7 Å². The Morgan fingerprint density at radius 2 is 1.88 bits per heavy atom. The standard InChI is InChI=1S/C23H23N5O3S/c1-14(16-5-7-17(30-2)8-6-16)26-23-27-18-10-11-32-21(18)20(28-23)22(29)25-13-15-4-9-19(31-3)24-12-15/h4-12,14H,13H2,1-3H3,(H,25,29)(H,26,27,28)/t14-/m1/s1. The van der Waals surface area contributed by atoms with Crippen LogP contribution in [-0.4, -0.2) is 35.1 Å². The summed E-state index contributed by atoms with van der Waals surface area (Å²) in [4.78, 5) is 26.2. The van der Waals surface area contributed by atoms with Gasteiger partial charge in [-0.15, -0.1) is 11.3 Å². The van der Waals surface area contributed by atoms with E-state index in [9.17, 15) is 4.79 Å². The molecule has 32 heavy (non-hydrogen) atoms. The number of methoxy groups -OCH3 is 2. The van der Waals surface area contributed by atoms with Crippen LogP contribution in [0.1, 0.15) is 34.6 Å². The number of hydrogen-bond acceptors (Lipinski definition) is 8. The van der Waals surface area contributed by atoms with E-state index in [1.54, 1.807) is 26.5 Å². The lowest BCUT2D eigenvalue weighted by molar-refractivity contribution is 0.0948. The van der Waals surface area contributed by atoms with Crippen LogP contribution in [0.15, 0.2) is 54.0 Å². The molecule has 0 aliphatic rings. The molecule has 0 aliphatic carbocycles. The first-order valence-electron chi connectivity index (χ1n) is 10.00. The van der Waals surface area contributed by atoms with Crippen LogP contribution >= 0.6 is 11.3 Å². The second-order valence-electron chi connectivity index (χ2n) is 7.06. The Labute approximate surface area is 189 Å². The van der Waals surface area contributed by atoms with E-state index in [-0.39, 0.29) is 11.9 Å². The summed E-state index contributed by atoms with van der Waals surface area (Å²) >= 11 is 1.44. The van der Waals surface area contributed by atoms with Crippen molar-refractivity contribution in [1.82, 2.24) is 20.3 Å². The fourth-order valence-corrected chi connectivity index (χ4v) is 3.97. The smallest absolute Gasteiger partial charge is 0.271 e. The van der Waals surface area contributed by atoms with E-state index in [4.69, 9.17) is 9.47 Å². The molecule has 8 nitrogen and oxygen atoms in total. The molecule has 0 radical (unpaired) electrons. The third-order valence-electron chi connectivity index (χ3n) is 4.94. The van der Waals surface area contributed by atoms with Gasteiger partial charge in [0, 0.05) is 18.8 Å². The molecule has 1 amide bonds. The van der Waals surface area contributed by atoms with Crippen LogP contribution in [0, 0.1) is 0 Å². The van der Waals surface area contributed by atoms with Crippen molar-refractivity contribution in [2.24, 2.45) is 0 Å². The van der Waals surface area contributed by atoms with E-state index < -0.39 is 0 Å². The molecule has 0 fully saturated rings. The maximum absolute atomic E-state index is 13.0. The second kappa shape index (κ2) is 9.61. The summed E-state index contributed by atoms with van der Waals surface area (Å²) in [7, 11) is 3.20. The number of pyridine rings is 1. The van der Waals surface area contributed by atoms with E-state index in [1.165, 1.54) is 11.3 Å². The highest BCUT2D eigenvalue weighted by Crippen LogP contribution is 2.26. The Hall–Kier alpha value is -3.72. The lowest BCUT2D eigenvalue weighted by Crippen LogP contribution is -2.24. The van der Waals surface area contributed by atoms with Crippen molar-refractivity contribution in [2.75, 3.05) is 19.5 Å². The van der Waals surface area contributed by atoms with Gasteiger partial charge in [-0.1, -0.05) is 18.2 Å². The molecule has 0 saturated heterocycles. The van der Waals surface area contributed by atoms with E-state index in [0.29, 0.717) is 24.1 Å². The number of thiophene rings is 1. The van der Waals surface area contributed by atoms with Crippen LogP contribution in [0.2, 0.25) is 0 Å². The number of rotatable bonds is 8. The van der Waals surface area contributed by atoms with Gasteiger partial charge in [-0.05, 0) is 41.6 Å². The molecular formula is C23H23N5O3S. The number of carbonyl (C=O) groups is 1. The largest absolute Gasteiger partial charge is 0.497 e. The summed E-state index contributed by atoms with van der Waals surface area (Å²) < 4.78 is 11.0. The fourth-order valence-electron chi connectivity index (χ4n) is 3.15. The van der Waals surface area contributed by atoms with Crippen LogP contribution in [0.5, 0.6) is 11.6 Å². The van der Waals surface area contributed by atoms with Crippen molar-refractivity contribution in [2.45, 2.75) is 19.5 Å². The number of fused-ring (bicyclic) bond motifs is 1. The molecule has 4 aromatic rings. The van der Waals surface area contributed by atoms with Gasteiger partial charge < -0.3 is 20.1 Å². The number of nitrogens with zero attached hydrogens (tertiary/aromatic N) is 3. The zero-order valence-electron chi connectivity index (χ0n) is 18.0. The topological polar surface area (TPSA) is 98.3 Å². The van der Waals surface area contributed by atoms with Gasteiger partial charge in [0.2, 0.25) is 11.8 Å². The van der Waals surface area contributed by atoms with Gasteiger partial charge in [0.05, 0.1) is 30.5 Å². The van der Waals surface area contributed by atoms with Crippen LogP contribution in [-0.2, 0) is 6.54 Å². The van der Waals surface area contributed by atoms with Crippen molar-refractivity contribution in [3.05, 3.63) is 70.9 Å². The summed E-state index contributed by atoms with van der Waals surface area (Å²) in [5.41, 5.74) is 2.99. The minimum Gasteiger partial charge on any atom is -0.497 e. The van der Waals surface area contributed by atoms with Gasteiger partial charge >= 0.3 is 0 Å². The summed E-state index contributed by atoms with van der Waals surface area (Å²) in [5.74, 6) is 1.45. The molecule has 4 rings (SSSR count). The lowest BCUT2D eigenvalue weighted by atomic mass is 10.1. The van der Waals surface area contributed by atoms with Gasteiger partial charge in [0.25, 0.3) is 5.91 Å². The van der Waals surface area contributed by atoms with Gasteiger partial charge in [-0.25, -0.2) is 15.0 Å². The molecule has 0 saturated carbocycles. The quantitative estimate of drug-likeness (QED) is 0.416. The van der Waals surface area contributed by atoms with Crippen LogP contribution in [0.4, 0.5) is 5.95 Å². The minimum atomic E-state index is -0.268. The first-order chi connectivity index (χ1) is 15.6. The van der Waals surface area contributed by atoms with Crippen molar-refractivity contribution >= 4 is 33.4 Å². The van der Waals surface area contributed by atoms with E-state index >= 15 is 0 Å². The molecule has 0 aliphatic heterocycles. The maximum Gasteiger partial charge on any atom is 0.271 e. The predicted octanol–water partition coefficient (Wildman–Crippen LogP) is 4.21. The molecule has 3 aromatic heterocycles. The third-order valence-corrected chi connectivity index (χ3v) is 5.85. The molecule has 164 valence electrons. The van der Waals surface area contributed by atoms with Crippen molar-refractivity contribution in [1.29, 1.82) is 0 Å². The average Bonchev–Trinajstić information content (AvgIpc) is 3.31. The number of hydrogen-bond donors (Lipinski definition) is 2. The molecule has 0 unspecified atom stereocenters. The number of aromatic nitrogens is 3. The van der Waals surface area contributed by atoms with Crippen LogP contribution in [0.25, 0.3) is 10.2 Å². The number of ether oxygens (including phenoxy) is 2. The summed E-state index contributed by atoms with van der Waals surface area (Å²) in [6.07, 6.45) is 1.67. The highest BCUT2D eigenvalue weighted by molar-refractivity contribution is 7.17. The van der Waals surface area contributed by atoms with Crippen molar-refractivity contribution < 1.29 is 14.3 Å². The number of carbonyl (C=O) groups excluding carboxylic acids is 1. The molecule has 0 bridgehead atoms. The highest BCUT2D eigenvalue weighted by atomic mass is 32.1. The number of benzene rings is 1. The SMILES string of the molecule is COc1ccc([C@@H](C)Nc2nc(C(=O)NCc3ccc(OC)nc3)c3sccc3n2)cc1. The Balaban J connectivity index is 1.52. The highest BCUT2D eigenvalue weighted by Gasteiger charge is 2.17. The minimum absolute atomic E-state index is 0.0572. The van der Waals surface area contributed by atoms with E-state index in [2.05, 4.69) is 25.6 Å². The first-order valence-corrected chi connectivity index (χ1v) is 10.9. The Kier molecular flexibility index (Phi) is 6.46. The summed E-state index contributed by atoms with van der Waals surface area (Å²) in [6, 6.07) is 13.2. The normalized spacial score (nSPS) is 11.7.